The molecule has 1 unspecified atom stereocenters. The van der Waals surface area contributed by atoms with Crippen LogP contribution in [0, 0.1) is 0 Å². The van der Waals surface area contributed by atoms with E-state index in [0.29, 0.717) is 12.8 Å². The lowest BCUT2D eigenvalue weighted by Crippen LogP contribution is -2.18. The quantitative estimate of drug-likeness (QED) is 0.0602. The summed E-state index contributed by atoms with van der Waals surface area (Å²) in [4.78, 5) is 22.9. The van der Waals surface area contributed by atoms with E-state index in [1.165, 1.54) is 89.9 Å². The van der Waals surface area contributed by atoms with Crippen LogP contribution < -0.4 is 0 Å². The molecule has 37 heavy (non-hydrogen) atoms. The summed E-state index contributed by atoms with van der Waals surface area (Å²) in [6.07, 6.45) is 34.0. The van der Waals surface area contributed by atoms with E-state index in [-0.39, 0.29) is 12.1 Å². The van der Waals surface area contributed by atoms with E-state index in [4.69, 9.17) is 9.84 Å². The van der Waals surface area contributed by atoms with Crippen LogP contribution in [0.1, 0.15) is 181 Å². The fourth-order valence-corrected chi connectivity index (χ4v) is 4.80. The minimum atomic E-state index is -0.676. The number of aliphatic carboxylic acids is 1. The number of rotatable bonds is 29. The summed E-state index contributed by atoms with van der Waals surface area (Å²) in [5.74, 6) is -0.661. The van der Waals surface area contributed by atoms with Gasteiger partial charge in [-0.05, 0) is 51.4 Å². The maximum Gasteiger partial charge on any atom is 0.306 e. The third-order valence-electron chi connectivity index (χ3n) is 7.24. The molecular formula is C33H62O4. The lowest BCUT2D eigenvalue weighted by atomic mass is 10.0. The van der Waals surface area contributed by atoms with Crippen LogP contribution in [-0.2, 0) is 14.3 Å². The highest BCUT2D eigenvalue weighted by Crippen LogP contribution is 2.18. The molecule has 0 saturated heterocycles. The van der Waals surface area contributed by atoms with Gasteiger partial charge in [-0.25, -0.2) is 0 Å². The monoisotopic (exact) mass is 522 g/mol. The van der Waals surface area contributed by atoms with Gasteiger partial charge in [0.25, 0.3) is 0 Å². The SMILES string of the molecule is CCCC/C=C\CCCCCCCCC(=O)OC(CCCC)CCCCCCCCCCCCC(=O)O. The summed E-state index contributed by atoms with van der Waals surface area (Å²) in [5.41, 5.74) is 0. The van der Waals surface area contributed by atoms with E-state index in [2.05, 4.69) is 26.0 Å². The molecule has 1 N–H and O–H groups in total. The smallest absolute Gasteiger partial charge is 0.306 e. The molecular weight excluding hydrogens is 460 g/mol. The molecule has 0 amide bonds. The van der Waals surface area contributed by atoms with Gasteiger partial charge in [0, 0.05) is 12.8 Å². The van der Waals surface area contributed by atoms with Gasteiger partial charge >= 0.3 is 11.9 Å². The van der Waals surface area contributed by atoms with Crippen molar-refractivity contribution in [3.63, 3.8) is 0 Å². The average molecular weight is 523 g/mol. The molecule has 0 aromatic carbocycles. The van der Waals surface area contributed by atoms with Crippen LogP contribution in [0.3, 0.4) is 0 Å². The van der Waals surface area contributed by atoms with Crippen LogP contribution in [0.15, 0.2) is 12.2 Å². The standard InChI is InChI=1S/C33H62O4/c1-3-5-7-8-9-10-11-12-17-20-23-26-30-33(36)37-31(27-6-4-2)28-24-21-18-15-13-14-16-19-22-25-29-32(34)35/h8-9,31H,3-7,10-30H2,1-2H3,(H,34,35)/b9-8-. The predicted molar refractivity (Wildman–Crippen MR) is 158 cm³/mol. The Balaban J connectivity index is 3.69. The van der Waals surface area contributed by atoms with Gasteiger partial charge in [0.15, 0.2) is 0 Å². The fourth-order valence-electron chi connectivity index (χ4n) is 4.80. The molecule has 0 fully saturated rings. The lowest BCUT2D eigenvalue weighted by Gasteiger charge is -2.18. The van der Waals surface area contributed by atoms with Crippen LogP contribution in [-0.4, -0.2) is 23.1 Å². The molecule has 0 aliphatic rings. The predicted octanol–water partition coefficient (Wildman–Crippen LogP) is 10.7. The molecule has 1 atom stereocenters. The largest absolute Gasteiger partial charge is 0.481 e. The number of hydrogen-bond donors (Lipinski definition) is 1. The van der Waals surface area contributed by atoms with E-state index >= 15 is 0 Å². The number of carbonyl (C=O) groups excluding carboxylic acids is 1. The first-order chi connectivity index (χ1) is 18.1. The lowest BCUT2D eigenvalue weighted by molar-refractivity contribution is -0.150. The Labute approximate surface area is 230 Å². The van der Waals surface area contributed by atoms with Crippen LogP contribution in [0.2, 0.25) is 0 Å². The highest BCUT2D eigenvalue weighted by molar-refractivity contribution is 5.69. The topological polar surface area (TPSA) is 63.6 Å². The molecule has 218 valence electrons. The molecule has 4 nitrogen and oxygen atoms in total. The van der Waals surface area contributed by atoms with Gasteiger partial charge in [-0.3, -0.25) is 9.59 Å². The number of allylic oxidation sites excluding steroid dienone is 2. The van der Waals surface area contributed by atoms with E-state index < -0.39 is 5.97 Å². The normalized spacial score (nSPS) is 12.3. The number of carboxylic acid groups (broad SMARTS) is 1. The highest BCUT2D eigenvalue weighted by Gasteiger charge is 2.13. The molecule has 0 aromatic heterocycles. The Morgan fingerprint density at radius 1 is 0.568 bits per heavy atom. The summed E-state index contributed by atoms with van der Waals surface area (Å²) in [6, 6.07) is 0. The molecule has 0 aliphatic carbocycles. The number of ether oxygens (including phenoxy) is 1. The highest BCUT2D eigenvalue weighted by atomic mass is 16.5. The Morgan fingerprint density at radius 2 is 1.00 bits per heavy atom. The van der Waals surface area contributed by atoms with E-state index in [0.717, 1.165) is 64.2 Å². The van der Waals surface area contributed by atoms with Crippen molar-refractivity contribution in [2.45, 2.75) is 187 Å². The van der Waals surface area contributed by atoms with E-state index in [1.54, 1.807) is 0 Å². The first-order valence-electron chi connectivity index (χ1n) is 16.2. The van der Waals surface area contributed by atoms with Gasteiger partial charge in [0.05, 0.1) is 0 Å². The zero-order valence-electron chi connectivity index (χ0n) is 24.8. The zero-order chi connectivity index (χ0) is 27.2. The number of unbranched alkanes of at least 4 members (excludes halogenated alkanes) is 18. The van der Waals surface area contributed by atoms with Gasteiger partial charge < -0.3 is 9.84 Å². The molecule has 0 rings (SSSR count). The number of carbonyl (C=O) groups is 2. The summed E-state index contributed by atoms with van der Waals surface area (Å²) in [5, 5.41) is 8.65. The second-order valence-corrected chi connectivity index (χ2v) is 11.0. The van der Waals surface area contributed by atoms with Crippen molar-refractivity contribution in [1.29, 1.82) is 0 Å². The molecule has 0 heterocycles. The molecule has 0 saturated carbocycles. The molecule has 0 radical (unpaired) electrons. The van der Waals surface area contributed by atoms with Crippen molar-refractivity contribution in [2.24, 2.45) is 0 Å². The maximum atomic E-state index is 12.4. The summed E-state index contributed by atoms with van der Waals surface area (Å²) < 4.78 is 5.88. The molecule has 0 spiro atoms. The van der Waals surface area contributed by atoms with Crippen molar-refractivity contribution in [2.75, 3.05) is 0 Å². The molecule has 0 bridgehead atoms. The van der Waals surface area contributed by atoms with Crippen LogP contribution >= 0.6 is 0 Å². The summed E-state index contributed by atoms with van der Waals surface area (Å²) in [6.45, 7) is 4.44. The van der Waals surface area contributed by atoms with Gasteiger partial charge in [0.2, 0.25) is 0 Å². The van der Waals surface area contributed by atoms with Crippen LogP contribution in [0.4, 0.5) is 0 Å². The van der Waals surface area contributed by atoms with Crippen molar-refractivity contribution >= 4 is 11.9 Å². The Bertz CT molecular complexity index is 528. The third kappa shape index (κ3) is 29.1. The van der Waals surface area contributed by atoms with Crippen molar-refractivity contribution in [3.05, 3.63) is 12.2 Å². The zero-order valence-corrected chi connectivity index (χ0v) is 24.8. The van der Waals surface area contributed by atoms with Crippen molar-refractivity contribution in [3.8, 4) is 0 Å². The van der Waals surface area contributed by atoms with Crippen LogP contribution in [0.25, 0.3) is 0 Å². The van der Waals surface area contributed by atoms with Crippen molar-refractivity contribution in [1.82, 2.24) is 0 Å². The van der Waals surface area contributed by atoms with Crippen molar-refractivity contribution < 1.29 is 19.4 Å². The summed E-state index contributed by atoms with van der Waals surface area (Å²) >= 11 is 0. The Kier molecular flexibility index (Phi) is 28.2. The number of esters is 1. The van der Waals surface area contributed by atoms with Gasteiger partial charge in [-0.2, -0.15) is 0 Å². The third-order valence-corrected chi connectivity index (χ3v) is 7.24. The number of hydrogen-bond acceptors (Lipinski definition) is 3. The molecule has 0 aromatic rings. The minimum Gasteiger partial charge on any atom is -0.481 e. The van der Waals surface area contributed by atoms with Gasteiger partial charge in [-0.15, -0.1) is 0 Å². The number of carboxylic acids is 1. The first kappa shape index (κ1) is 35.7. The Hall–Kier alpha value is -1.32. The maximum absolute atomic E-state index is 12.4. The van der Waals surface area contributed by atoms with E-state index in [1.807, 2.05) is 0 Å². The Morgan fingerprint density at radius 3 is 1.54 bits per heavy atom. The van der Waals surface area contributed by atoms with Crippen LogP contribution in [0.5, 0.6) is 0 Å². The van der Waals surface area contributed by atoms with Gasteiger partial charge in [-0.1, -0.05) is 129 Å². The minimum absolute atomic E-state index is 0.0154. The molecule has 4 heteroatoms. The first-order valence-corrected chi connectivity index (χ1v) is 16.2. The second kappa shape index (κ2) is 29.2. The van der Waals surface area contributed by atoms with Gasteiger partial charge in [0.1, 0.15) is 6.10 Å². The summed E-state index contributed by atoms with van der Waals surface area (Å²) in [7, 11) is 0. The second-order valence-electron chi connectivity index (χ2n) is 11.0. The average Bonchev–Trinajstić information content (AvgIpc) is 2.88. The molecule has 0 aliphatic heterocycles. The van der Waals surface area contributed by atoms with E-state index in [9.17, 15) is 9.59 Å². The fraction of sp³-hybridized carbons (Fsp3) is 0.879.